The topological polar surface area (TPSA) is 55.1 Å². The third-order valence-corrected chi connectivity index (χ3v) is 4.24. The van der Waals surface area contributed by atoms with Gasteiger partial charge in [0.25, 0.3) is 0 Å². The summed E-state index contributed by atoms with van der Waals surface area (Å²) in [7, 11) is 0. The van der Waals surface area contributed by atoms with Crippen LogP contribution >= 0.6 is 15.9 Å². The highest BCUT2D eigenvalue weighted by Crippen LogP contribution is 2.45. The number of carbonyl (C=O) groups is 1. The number of amides is 1. The van der Waals surface area contributed by atoms with Crippen LogP contribution in [0.15, 0.2) is 28.7 Å². The molecule has 1 unspecified atom stereocenters. The van der Waals surface area contributed by atoms with Gasteiger partial charge in [0, 0.05) is 11.0 Å². The molecule has 0 aromatic heterocycles. The molecule has 3 N–H and O–H groups in total. The number of nitrogens with one attached hydrogen (secondary N) is 1. The van der Waals surface area contributed by atoms with Crippen LogP contribution in [0.5, 0.6) is 0 Å². The molecule has 98 valence electrons. The molecule has 1 fully saturated rings. The summed E-state index contributed by atoms with van der Waals surface area (Å²) in [6, 6.07) is 8.16. The van der Waals surface area contributed by atoms with Gasteiger partial charge in [-0.15, -0.1) is 0 Å². The standard InChI is InChI=1S/C14H19BrN2O/c1-2-12(10-3-5-11(15)6-4-10)17-13(18)14(9-16)7-8-14/h3-6,12H,2,7-9,16H2,1H3,(H,17,18). The zero-order valence-electron chi connectivity index (χ0n) is 10.6. The first-order chi connectivity index (χ1) is 8.61. The van der Waals surface area contributed by atoms with E-state index in [0.717, 1.165) is 29.3 Å². The molecule has 1 aromatic rings. The molecule has 1 aliphatic carbocycles. The Morgan fingerprint density at radius 1 is 1.44 bits per heavy atom. The molecule has 0 aliphatic heterocycles. The second-order valence-electron chi connectivity index (χ2n) is 4.97. The molecule has 3 nitrogen and oxygen atoms in total. The average Bonchev–Trinajstić information content (AvgIpc) is 3.18. The van der Waals surface area contributed by atoms with Gasteiger partial charge in [0.1, 0.15) is 0 Å². The van der Waals surface area contributed by atoms with Gasteiger partial charge in [0.2, 0.25) is 5.91 Å². The molecular formula is C14H19BrN2O. The van der Waals surface area contributed by atoms with Gasteiger partial charge in [-0.3, -0.25) is 4.79 Å². The average molecular weight is 311 g/mol. The second-order valence-corrected chi connectivity index (χ2v) is 5.89. The lowest BCUT2D eigenvalue weighted by Gasteiger charge is -2.21. The van der Waals surface area contributed by atoms with Crippen LogP contribution in [0.4, 0.5) is 0 Å². The Kier molecular flexibility index (Phi) is 4.07. The molecule has 1 aliphatic rings. The van der Waals surface area contributed by atoms with Crippen molar-refractivity contribution in [3.05, 3.63) is 34.3 Å². The molecule has 2 rings (SSSR count). The van der Waals surface area contributed by atoms with Crippen molar-refractivity contribution in [3.8, 4) is 0 Å². The van der Waals surface area contributed by atoms with Crippen molar-refractivity contribution in [1.82, 2.24) is 5.32 Å². The third-order valence-electron chi connectivity index (χ3n) is 3.71. The van der Waals surface area contributed by atoms with Crippen LogP contribution in [0.3, 0.4) is 0 Å². The maximum Gasteiger partial charge on any atom is 0.227 e. The minimum atomic E-state index is -0.275. The number of benzene rings is 1. The van der Waals surface area contributed by atoms with Crippen molar-refractivity contribution < 1.29 is 4.79 Å². The number of nitrogens with two attached hydrogens (primary N) is 1. The molecule has 1 saturated carbocycles. The van der Waals surface area contributed by atoms with E-state index in [0.29, 0.717) is 6.54 Å². The summed E-state index contributed by atoms with van der Waals surface area (Å²) >= 11 is 3.42. The van der Waals surface area contributed by atoms with E-state index in [4.69, 9.17) is 5.73 Å². The predicted octanol–water partition coefficient (Wildman–Crippen LogP) is 2.76. The fraction of sp³-hybridized carbons (Fsp3) is 0.500. The van der Waals surface area contributed by atoms with Gasteiger partial charge < -0.3 is 11.1 Å². The van der Waals surface area contributed by atoms with Gasteiger partial charge in [0.15, 0.2) is 0 Å². The van der Waals surface area contributed by atoms with Crippen LogP contribution in [0.1, 0.15) is 37.8 Å². The molecule has 1 aromatic carbocycles. The first-order valence-corrected chi connectivity index (χ1v) is 7.17. The molecule has 4 heteroatoms. The molecule has 0 bridgehead atoms. The van der Waals surface area contributed by atoms with Crippen molar-refractivity contribution >= 4 is 21.8 Å². The Morgan fingerprint density at radius 2 is 2.06 bits per heavy atom. The molecule has 0 saturated heterocycles. The van der Waals surface area contributed by atoms with E-state index < -0.39 is 0 Å². The summed E-state index contributed by atoms with van der Waals surface area (Å²) in [5.74, 6) is 0.111. The first kappa shape index (κ1) is 13.6. The first-order valence-electron chi connectivity index (χ1n) is 6.38. The van der Waals surface area contributed by atoms with Crippen LogP contribution < -0.4 is 11.1 Å². The zero-order chi connectivity index (χ0) is 13.2. The van der Waals surface area contributed by atoms with Crippen LogP contribution in [-0.2, 0) is 4.79 Å². The van der Waals surface area contributed by atoms with Crippen LogP contribution in [0, 0.1) is 5.41 Å². The van der Waals surface area contributed by atoms with Gasteiger partial charge in [-0.25, -0.2) is 0 Å². The number of hydrogen-bond acceptors (Lipinski definition) is 2. The lowest BCUT2D eigenvalue weighted by Crippen LogP contribution is -2.38. The normalized spacial score (nSPS) is 18.2. The van der Waals surface area contributed by atoms with Crippen LogP contribution in [0.25, 0.3) is 0 Å². The summed E-state index contributed by atoms with van der Waals surface area (Å²) < 4.78 is 1.05. The van der Waals surface area contributed by atoms with Gasteiger partial charge >= 0.3 is 0 Å². The smallest absolute Gasteiger partial charge is 0.227 e. The Balaban J connectivity index is 2.05. The highest BCUT2D eigenvalue weighted by atomic mass is 79.9. The summed E-state index contributed by atoms with van der Waals surface area (Å²) in [6.45, 7) is 2.53. The fourth-order valence-electron chi connectivity index (χ4n) is 2.10. The largest absolute Gasteiger partial charge is 0.349 e. The SMILES string of the molecule is CCC(NC(=O)C1(CN)CC1)c1ccc(Br)cc1. The second kappa shape index (κ2) is 5.41. The number of rotatable bonds is 5. The highest BCUT2D eigenvalue weighted by molar-refractivity contribution is 9.10. The van der Waals surface area contributed by atoms with Crippen molar-refractivity contribution in [2.24, 2.45) is 11.1 Å². The van der Waals surface area contributed by atoms with Crippen molar-refractivity contribution in [2.45, 2.75) is 32.2 Å². The minimum Gasteiger partial charge on any atom is -0.349 e. The quantitative estimate of drug-likeness (QED) is 0.878. The van der Waals surface area contributed by atoms with Crippen LogP contribution in [-0.4, -0.2) is 12.5 Å². The van der Waals surface area contributed by atoms with Gasteiger partial charge in [0.05, 0.1) is 11.5 Å². The van der Waals surface area contributed by atoms with Gasteiger partial charge in [-0.2, -0.15) is 0 Å². The van der Waals surface area contributed by atoms with E-state index in [1.807, 2.05) is 24.3 Å². The van der Waals surface area contributed by atoms with E-state index in [-0.39, 0.29) is 17.4 Å². The van der Waals surface area contributed by atoms with Crippen molar-refractivity contribution in [3.63, 3.8) is 0 Å². The number of carbonyl (C=O) groups excluding carboxylic acids is 1. The molecule has 1 amide bonds. The molecule has 18 heavy (non-hydrogen) atoms. The molecule has 0 spiro atoms. The Labute approximate surface area is 116 Å². The van der Waals surface area contributed by atoms with E-state index in [1.54, 1.807) is 0 Å². The Morgan fingerprint density at radius 3 is 2.50 bits per heavy atom. The summed E-state index contributed by atoms with van der Waals surface area (Å²) in [4.78, 5) is 12.2. The number of hydrogen-bond donors (Lipinski definition) is 2. The van der Waals surface area contributed by atoms with Gasteiger partial charge in [-0.1, -0.05) is 35.0 Å². The van der Waals surface area contributed by atoms with E-state index in [2.05, 4.69) is 28.2 Å². The summed E-state index contributed by atoms with van der Waals surface area (Å²) in [5, 5.41) is 3.12. The van der Waals surface area contributed by atoms with E-state index in [9.17, 15) is 4.79 Å². The van der Waals surface area contributed by atoms with Crippen molar-refractivity contribution in [2.75, 3.05) is 6.54 Å². The van der Waals surface area contributed by atoms with Crippen molar-refractivity contribution in [1.29, 1.82) is 0 Å². The maximum absolute atomic E-state index is 12.2. The maximum atomic E-state index is 12.2. The predicted molar refractivity (Wildman–Crippen MR) is 76.0 cm³/mol. The molecule has 0 heterocycles. The molecule has 1 atom stereocenters. The minimum absolute atomic E-state index is 0.0784. The van der Waals surface area contributed by atoms with E-state index in [1.165, 1.54) is 0 Å². The fourth-order valence-corrected chi connectivity index (χ4v) is 2.37. The molecular weight excluding hydrogens is 292 g/mol. The Bertz CT molecular complexity index is 426. The lowest BCUT2D eigenvalue weighted by atomic mass is 10.0. The number of halogens is 1. The van der Waals surface area contributed by atoms with Gasteiger partial charge in [-0.05, 0) is 37.0 Å². The van der Waals surface area contributed by atoms with E-state index >= 15 is 0 Å². The zero-order valence-corrected chi connectivity index (χ0v) is 12.2. The Hall–Kier alpha value is -0.870. The third kappa shape index (κ3) is 2.75. The molecule has 0 radical (unpaired) electrons. The van der Waals surface area contributed by atoms with Crippen LogP contribution in [0.2, 0.25) is 0 Å². The highest BCUT2D eigenvalue weighted by Gasteiger charge is 2.48. The monoisotopic (exact) mass is 310 g/mol. The summed E-state index contributed by atoms with van der Waals surface area (Å²) in [5.41, 5.74) is 6.54. The summed E-state index contributed by atoms with van der Waals surface area (Å²) in [6.07, 6.45) is 2.73. The lowest BCUT2D eigenvalue weighted by molar-refractivity contribution is -0.126.